The number of aromatic nitrogens is 2. The molecule has 0 bridgehead atoms. The number of nitrogen functional groups attached to an aromatic ring is 1. The highest BCUT2D eigenvalue weighted by Crippen LogP contribution is 2.38. The van der Waals surface area contributed by atoms with Gasteiger partial charge in [0.25, 0.3) is 0 Å². The zero-order valence-electron chi connectivity index (χ0n) is 17.1. The molecule has 0 aromatic carbocycles. The fraction of sp³-hybridized carbons (Fsp3) is 0.529. The Morgan fingerprint density at radius 1 is 1.41 bits per heavy atom. The van der Waals surface area contributed by atoms with E-state index in [4.69, 9.17) is 15.5 Å². The molecule has 0 aliphatic heterocycles. The van der Waals surface area contributed by atoms with Crippen LogP contribution in [-0.4, -0.2) is 42.8 Å². The minimum absolute atomic E-state index is 0.0354. The average molecular weight is 446 g/mol. The zero-order valence-corrected chi connectivity index (χ0v) is 18.8. The number of thioether (sulfide) groups is 1. The lowest BCUT2D eigenvalue weighted by Gasteiger charge is -2.24. The summed E-state index contributed by atoms with van der Waals surface area (Å²) < 4.78 is 15.5. The number of anilines is 1. The van der Waals surface area contributed by atoms with Crippen LogP contribution in [0.25, 0.3) is 0 Å². The van der Waals surface area contributed by atoms with Crippen molar-refractivity contribution in [3.63, 3.8) is 0 Å². The van der Waals surface area contributed by atoms with E-state index >= 15 is 0 Å². The summed E-state index contributed by atoms with van der Waals surface area (Å²) in [7, 11) is -4.65. The summed E-state index contributed by atoms with van der Waals surface area (Å²) in [6.45, 7) is 8.35. The third-order valence-corrected chi connectivity index (χ3v) is 5.80. The number of allylic oxidation sites excluding steroid dienone is 1. The van der Waals surface area contributed by atoms with Gasteiger partial charge in [0.15, 0.2) is 5.12 Å². The van der Waals surface area contributed by atoms with E-state index in [2.05, 4.69) is 14.5 Å². The second-order valence-electron chi connectivity index (χ2n) is 7.28. The highest BCUT2D eigenvalue weighted by atomic mass is 32.2. The first-order chi connectivity index (χ1) is 13.2. The molecule has 12 heteroatoms. The Labute approximate surface area is 174 Å². The number of hydrogen-bond donors (Lipinski definition) is 3. The molecule has 0 unspecified atom stereocenters. The summed E-state index contributed by atoms with van der Waals surface area (Å²) in [5, 5.41) is -0.160. The predicted molar refractivity (Wildman–Crippen MR) is 110 cm³/mol. The fourth-order valence-electron chi connectivity index (χ4n) is 2.04. The molecule has 1 aromatic heterocycles. The molecule has 0 saturated carbocycles. The van der Waals surface area contributed by atoms with E-state index in [9.17, 15) is 14.2 Å². The average Bonchev–Trinajstić information content (AvgIpc) is 2.57. The van der Waals surface area contributed by atoms with Crippen LogP contribution in [0.4, 0.5) is 5.82 Å². The molecular weight excluding hydrogens is 419 g/mol. The van der Waals surface area contributed by atoms with Crippen LogP contribution in [0.15, 0.2) is 16.8 Å². The van der Waals surface area contributed by atoms with E-state index in [-0.39, 0.29) is 30.5 Å². The van der Waals surface area contributed by atoms with Gasteiger partial charge in [0.1, 0.15) is 11.6 Å². The molecule has 0 atom stereocenters. The van der Waals surface area contributed by atoms with Crippen molar-refractivity contribution in [3.8, 4) is 0 Å². The van der Waals surface area contributed by atoms with Crippen LogP contribution < -0.4 is 5.73 Å². The highest BCUT2D eigenvalue weighted by molar-refractivity contribution is 8.17. The Morgan fingerprint density at radius 3 is 2.52 bits per heavy atom. The summed E-state index contributed by atoms with van der Waals surface area (Å²) in [6.07, 6.45) is 2.14. The van der Waals surface area contributed by atoms with Crippen LogP contribution in [0.2, 0.25) is 0 Å². The van der Waals surface area contributed by atoms with Crippen LogP contribution >= 0.6 is 19.6 Å². The molecule has 0 fully saturated rings. The van der Waals surface area contributed by atoms with E-state index in [1.165, 1.54) is 11.1 Å². The van der Waals surface area contributed by atoms with Crippen molar-refractivity contribution < 1.29 is 28.5 Å². The number of aryl methyl sites for hydroxylation is 1. The Hall–Kier alpha value is -1.78. The number of nitrogens with zero attached hydrogens (tertiary/aromatic N) is 3. The molecule has 4 N–H and O–H groups in total. The molecule has 1 aromatic rings. The van der Waals surface area contributed by atoms with Crippen LogP contribution in [0, 0.1) is 12.3 Å². The first kappa shape index (κ1) is 25.3. The maximum atomic E-state index is 12.5. The lowest BCUT2D eigenvalue weighted by molar-refractivity contribution is -0.118. The first-order valence-electron chi connectivity index (χ1n) is 8.66. The normalized spacial score (nSPS) is 13.1. The summed E-state index contributed by atoms with van der Waals surface area (Å²) in [4.78, 5) is 51.9. The van der Waals surface area contributed by atoms with Crippen LogP contribution in [-0.2, 0) is 25.2 Å². The number of phosphoric acid groups is 1. The lowest BCUT2D eigenvalue weighted by Crippen LogP contribution is -2.23. The third kappa shape index (κ3) is 8.63. The largest absolute Gasteiger partial charge is 0.469 e. The Balaban J connectivity index is 3.17. The number of nitrogens with two attached hydrogens (primary N) is 1. The molecule has 0 saturated heterocycles. The summed E-state index contributed by atoms with van der Waals surface area (Å²) in [5.41, 5.74) is 6.21. The molecule has 1 rings (SSSR count). The van der Waals surface area contributed by atoms with E-state index < -0.39 is 13.2 Å². The molecule has 1 amide bonds. The van der Waals surface area contributed by atoms with Gasteiger partial charge in [0.2, 0.25) is 6.41 Å². The predicted octanol–water partition coefficient (Wildman–Crippen LogP) is 2.36. The topological polar surface area (TPSA) is 156 Å². The van der Waals surface area contributed by atoms with Crippen molar-refractivity contribution in [1.29, 1.82) is 0 Å². The Bertz CT molecular complexity index is 834. The van der Waals surface area contributed by atoms with E-state index in [0.29, 0.717) is 28.4 Å². The van der Waals surface area contributed by atoms with Gasteiger partial charge in [-0.2, -0.15) is 0 Å². The molecule has 0 radical (unpaired) electrons. The molecule has 10 nitrogen and oxygen atoms in total. The van der Waals surface area contributed by atoms with Gasteiger partial charge in [-0.25, -0.2) is 14.5 Å². The van der Waals surface area contributed by atoms with Crippen molar-refractivity contribution in [2.24, 2.45) is 5.41 Å². The van der Waals surface area contributed by atoms with Gasteiger partial charge >= 0.3 is 7.82 Å². The van der Waals surface area contributed by atoms with Crippen LogP contribution in [0.3, 0.4) is 0 Å². The van der Waals surface area contributed by atoms with Crippen LogP contribution in [0.5, 0.6) is 0 Å². The van der Waals surface area contributed by atoms with Crippen molar-refractivity contribution in [2.75, 3.05) is 12.3 Å². The Kier molecular flexibility index (Phi) is 8.98. The second-order valence-corrected chi connectivity index (χ2v) is 9.59. The smallest absolute Gasteiger partial charge is 0.383 e. The van der Waals surface area contributed by atoms with Gasteiger partial charge in [-0.05, 0) is 13.8 Å². The molecule has 29 heavy (non-hydrogen) atoms. The van der Waals surface area contributed by atoms with Gasteiger partial charge in [-0.15, -0.1) is 0 Å². The molecule has 0 aliphatic carbocycles. The number of amides is 1. The number of phosphoric ester groups is 1. The number of rotatable bonds is 9. The second kappa shape index (κ2) is 10.3. The van der Waals surface area contributed by atoms with Gasteiger partial charge in [-0.3, -0.25) is 14.1 Å². The monoisotopic (exact) mass is 446 g/mol. The zero-order chi connectivity index (χ0) is 22.4. The summed E-state index contributed by atoms with van der Waals surface area (Å²) in [6, 6.07) is 0. The van der Waals surface area contributed by atoms with E-state index in [0.717, 1.165) is 11.8 Å². The molecule has 162 valence electrons. The van der Waals surface area contributed by atoms with E-state index in [1.807, 2.05) is 0 Å². The number of carbonyl (C=O) groups is 2. The van der Waals surface area contributed by atoms with Crippen molar-refractivity contribution >= 4 is 36.9 Å². The van der Waals surface area contributed by atoms with Gasteiger partial charge in [0, 0.05) is 34.2 Å². The maximum Gasteiger partial charge on any atom is 0.469 e. The minimum atomic E-state index is -4.65. The minimum Gasteiger partial charge on any atom is -0.383 e. The fourth-order valence-corrected chi connectivity index (χ4v) is 3.35. The Morgan fingerprint density at radius 2 is 2.03 bits per heavy atom. The van der Waals surface area contributed by atoms with Gasteiger partial charge in [-0.1, -0.05) is 32.5 Å². The van der Waals surface area contributed by atoms with E-state index in [1.54, 1.807) is 34.6 Å². The lowest BCUT2D eigenvalue weighted by atomic mass is 10.00. The quantitative estimate of drug-likeness (QED) is 0.380. The van der Waals surface area contributed by atoms with Gasteiger partial charge < -0.3 is 20.4 Å². The number of hydrogen-bond acceptors (Lipinski definition) is 8. The first-order valence-corrected chi connectivity index (χ1v) is 11.0. The number of carbonyl (C=O) groups excluding carboxylic acids is 2. The standard InChI is InChI=1S/C17H27N4O6PS/c1-11(21(10-22)9-13-8-19-12(2)20-15(13)18)14(6-7-27-28(24,25)26)29-16(23)17(3,4)5/h8,10H,6-7,9H2,1-5H3,(H2,18,19,20)(H2,24,25,26)/b14-11-. The summed E-state index contributed by atoms with van der Waals surface area (Å²) >= 11 is 0.916. The molecular formula is C17H27N4O6PS. The van der Waals surface area contributed by atoms with Crippen molar-refractivity contribution in [3.05, 3.63) is 28.2 Å². The van der Waals surface area contributed by atoms with Crippen molar-refractivity contribution in [2.45, 2.75) is 47.6 Å². The highest BCUT2D eigenvalue weighted by Gasteiger charge is 2.25. The molecule has 0 spiro atoms. The molecule has 0 aliphatic rings. The third-order valence-electron chi connectivity index (χ3n) is 3.74. The van der Waals surface area contributed by atoms with Crippen molar-refractivity contribution in [1.82, 2.24) is 14.9 Å². The SMILES string of the molecule is C/C(=C(\CCOP(=O)(O)O)SC(=O)C(C)(C)C)N(C=O)Cc1cnc(C)nc1N. The summed E-state index contributed by atoms with van der Waals surface area (Å²) in [5.74, 6) is 0.736. The van der Waals surface area contributed by atoms with Gasteiger partial charge in [0.05, 0.1) is 13.2 Å². The maximum absolute atomic E-state index is 12.5. The molecule has 1 heterocycles. The van der Waals surface area contributed by atoms with Crippen LogP contribution in [0.1, 0.15) is 45.5 Å².